The Hall–Kier alpha value is -1.44. The van der Waals surface area contributed by atoms with Crippen molar-refractivity contribution in [2.24, 2.45) is 11.1 Å². The number of hydrogen-bond acceptors (Lipinski definition) is 4. The van der Waals surface area contributed by atoms with Crippen LogP contribution in [0.3, 0.4) is 0 Å². The number of nitrogens with two attached hydrogens (primary N) is 1. The average molecular weight is 297 g/mol. The number of carbonyl (C=O) groups is 1. The number of benzene rings is 1. The molecule has 0 aromatic heterocycles. The van der Waals surface area contributed by atoms with Gasteiger partial charge in [0.2, 0.25) is 15.9 Å². The van der Waals surface area contributed by atoms with E-state index >= 15 is 0 Å². The maximum absolute atomic E-state index is 11.9. The van der Waals surface area contributed by atoms with Crippen LogP contribution in [0.5, 0.6) is 0 Å². The normalized spacial score (nSPS) is 15.8. The Morgan fingerprint density at radius 1 is 1.40 bits per heavy atom. The predicted molar refractivity (Wildman–Crippen MR) is 76.9 cm³/mol. The lowest BCUT2D eigenvalue weighted by Crippen LogP contribution is -2.43. The molecule has 1 aliphatic heterocycles. The molecule has 1 aromatic carbocycles. The monoisotopic (exact) mass is 297 g/mol. The van der Waals surface area contributed by atoms with Crippen LogP contribution in [0.25, 0.3) is 0 Å². The Morgan fingerprint density at radius 2 is 2.05 bits per heavy atom. The van der Waals surface area contributed by atoms with Gasteiger partial charge in [-0.2, -0.15) is 0 Å². The minimum Gasteiger partial charge on any atom is -0.326 e. The Labute approximate surface area is 118 Å². The molecule has 110 valence electrons. The average Bonchev–Trinajstić information content (AvgIpc) is 2.28. The first kappa shape index (κ1) is 15.0. The van der Waals surface area contributed by atoms with Gasteiger partial charge in [-0.05, 0) is 56.1 Å². The Kier molecular flexibility index (Phi) is 4.12. The molecule has 1 amide bonds. The van der Waals surface area contributed by atoms with E-state index in [1.165, 1.54) is 12.1 Å². The lowest BCUT2D eigenvalue weighted by molar-refractivity contribution is -0.117. The minimum atomic E-state index is -3.78. The third-order valence-corrected chi connectivity index (χ3v) is 4.48. The van der Waals surface area contributed by atoms with Crippen molar-refractivity contribution in [3.63, 3.8) is 0 Å². The van der Waals surface area contributed by atoms with E-state index in [-0.39, 0.29) is 10.8 Å². The van der Waals surface area contributed by atoms with Gasteiger partial charge in [0.05, 0.1) is 4.90 Å². The van der Waals surface area contributed by atoms with Gasteiger partial charge in [0, 0.05) is 12.1 Å². The number of nitrogens with one attached hydrogen (secondary N) is 2. The van der Waals surface area contributed by atoms with E-state index in [1.807, 2.05) is 6.92 Å². The van der Waals surface area contributed by atoms with Crippen molar-refractivity contribution in [3.05, 3.63) is 23.3 Å². The number of rotatable bonds is 4. The molecule has 6 nitrogen and oxygen atoms in total. The third kappa shape index (κ3) is 3.36. The topological polar surface area (TPSA) is 101 Å². The van der Waals surface area contributed by atoms with E-state index in [2.05, 4.69) is 10.6 Å². The van der Waals surface area contributed by atoms with Gasteiger partial charge >= 0.3 is 0 Å². The lowest BCUT2D eigenvalue weighted by atomic mass is 9.99. The molecule has 20 heavy (non-hydrogen) atoms. The first-order chi connectivity index (χ1) is 9.27. The molecule has 0 radical (unpaired) electrons. The second-order valence-corrected chi connectivity index (χ2v) is 6.80. The van der Waals surface area contributed by atoms with E-state index in [1.54, 1.807) is 6.92 Å². The fourth-order valence-corrected chi connectivity index (χ4v) is 2.70. The zero-order valence-electron chi connectivity index (χ0n) is 11.6. The fourth-order valence-electron chi connectivity index (χ4n) is 2.08. The molecule has 0 unspecified atom stereocenters. The Balaban J connectivity index is 2.21. The van der Waals surface area contributed by atoms with Crippen LogP contribution >= 0.6 is 0 Å². The molecule has 0 aliphatic carbocycles. The summed E-state index contributed by atoms with van der Waals surface area (Å²) in [6, 6.07) is 2.92. The smallest absolute Gasteiger partial charge is 0.238 e. The van der Waals surface area contributed by atoms with Crippen LogP contribution in [0.2, 0.25) is 0 Å². The summed E-state index contributed by atoms with van der Waals surface area (Å²) in [4.78, 5) is 11.9. The molecule has 1 heterocycles. The second kappa shape index (κ2) is 5.51. The molecule has 0 bridgehead atoms. The summed E-state index contributed by atoms with van der Waals surface area (Å²) in [5, 5.41) is 11.0. The van der Waals surface area contributed by atoms with Gasteiger partial charge in [-0.25, -0.2) is 13.6 Å². The first-order valence-electron chi connectivity index (χ1n) is 6.42. The molecule has 1 fully saturated rings. The van der Waals surface area contributed by atoms with E-state index in [4.69, 9.17) is 5.14 Å². The molecule has 0 spiro atoms. The highest BCUT2D eigenvalue weighted by atomic mass is 32.2. The van der Waals surface area contributed by atoms with Gasteiger partial charge in [-0.3, -0.25) is 4.79 Å². The molecule has 0 atom stereocenters. The minimum absolute atomic E-state index is 0.0150. The van der Waals surface area contributed by atoms with Gasteiger partial charge in [0.15, 0.2) is 0 Å². The largest absolute Gasteiger partial charge is 0.326 e. The summed E-state index contributed by atoms with van der Waals surface area (Å²) in [5.74, 6) is 0.253. The van der Waals surface area contributed by atoms with Crippen molar-refractivity contribution in [2.45, 2.75) is 25.2 Å². The second-order valence-electron chi connectivity index (χ2n) is 5.23. The van der Waals surface area contributed by atoms with Crippen molar-refractivity contribution >= 4 is 21.6 Å². The number of anilines is 1. The highest BCUT2D eigenvalue weighted by Gasteiger charge is 2.21. The maximum atomic E-state index is 11.9. The molecule has 1 aromatic rings. The molecule has 1 saturated heterocycles. The Bertz CT molecular complexity index is 637. The van der Waals surface area contributed by atoms with Crippen molar-refractivity contribution in [1.82, 2.24) is 5.32 Å². The molecule has 0 saturated carbocycles. The van der Waals surface area contributed by atoms with Crippen LogP contribution in [0, 0.1) is 19.8 Å². The molecular formula is C13H19N3O3S. The van der Waals surface area contributed by atoms with Crippen LogP contribution < -0.4 is 15.8 Å². The van der Waals surface area contributed by atoms with E-state index < -0.39 is 10.0 Å². The maximum Gasteiger partial charge on any atom is 0.238 e. The summed E-state index contributed by atoms with van der Waals surface area (Å²) >= 11 is 0. The predicted octanol–water partition coefficient (Wildman–Crippen LogP) is 0.499. The highest BCUT2D eigenvalue weighted by molar-refractivity contribution is 7.89. The van der Waals surface area contributed by atoms with E-state index in [0.717, 1.165) is 24.2 Å². The fraction of sp³-hybridized carbons (Fsp3) is 0.462. The number of primary sulfonamides is 1. The van der Waals surface area contributed by atoms with Crippen LogP contribution in [-0.2, 0) is 14.8 Å². The van der Waals surface area contributed by atoms with Crippen LogP contribution in [0.15, 0.2) is 17.0 Å². The van der Waals surface area contributed by atoms with Crippen LogP contribution in [-0.4, -0.2) is 27.4 Å². The van der Waals surface area contributed by atoms with Crippen LogP contribution in [0.4, 0.5) is 5.69 Å². The van der Waals surface area contributed by atoms with Crippen molar-refractivity contribution in [3.8, 4) is 0 Å². The van der Waals surface area contributed by atoms with Gasteiger partial charge in [0.25, 0.3) is 0 Å². The first-order valence-corrected chi connectivity index (χ1v) is 7.96. The number of amides is 1. The summed E-state index contributed by atoms with van der Waals surface area (Å²) in [6.07, 6.45) is 0.436. The zero-order valence-corrected chi connectivity index (χ0v) is 12.4. The van der Waals surface area contributed by atoms with Crippen molar-refractivity contribution in [1.29, 1.82) is 0 Å². The van der Waals surface area contributed by atoms with Crippen molar-refractivity contribution in [2.75, 3.05) is 18.4 Å². The van der Waals surface area contributed by atoms with Crippen LogP contribution in [0.1, 0.15) is 17.5 Å². The standard InChI is InChI=1S/C13H19N3O3S/c1-8-3-11(20(14,18)19)5-12(9(8)2)16-13(17)4-10-6-15-7-10/h3,5,10,15H,4,6-7H2,1-2H3,(H,16,17)(H2,14,18,19). The number of carbonyl (C=O) groups excluding carboxylic acids is 1. The molecule has 7 heteroatoms. The van der Waals surface area contributed by atoms with E-state index in [0.29, 0.717) is 18.0 Å². The molecule has 4 N–H and O–H groups in total. The van der Waals surface area contributed by atoms with E-state index in [9.17, 15) is 13.2 Å². The number of aryl methyl sites for hydroxylation is 1. The zero-order chi connectivity index (χ0) is 14.9. The van der Waals surface area contributed by atoms with Crippen molar-refractivity contribution < 1.29 is 13.2 Å². The summed E-state index contributed by atoms with van der Waals surface area (Å²) < 4.78 is 22.8. The summed E-state index contributed by atoms with van der Waals surface area (Å²) in [5.41, 5.74) is 2.13. The molecule has 2 rings (SSSR count). The third-order valence-electron chi connectivity index (χ3n) is 3.58. The Morgan fingerprint density at radius 3 is 2.55 bits per heavy atom. The summed E-state index contributed by atoms with van der Waals surface area (Å²) in [6.45, 7) is 5.32. The summed E-state index contributed by atoms with van der Waals surface area (Å²) in [7, 11) is -3.78. The van der Waals surface area contributed by atoms with Gasteiger partial charge in [0.1, 0.15) is 0 Å². The molecular weight excluding hydrogens is 278 g/mol. The van der Waals surface area contributed by atoms with Gasteiger partial charge in [-0.15, -0.1) is 0 Å². The molecule has 1 aliphatic rings. The lowest BCUT2D eigenvalue weighted by Gasteiger charge is -2.26. The quantitative estimate of drug-likeness (QED) is 0.753. The van der Waals surface area contributed by atoms with Gasteiger partial charge in [-0.1, -0.05) is 0 Å². The SMILES string of the molecule is Cc1cc(S(N)(=O)=O)cc(NC(=O)CC2CNC2)c1C. The highest BCUT2D eigenvalue weighted by Crippen LogP contribution is 2.24. The number of hydrogen-bond donors (Lipinski definition) is 3. The van der Waals surface area contributed by atoms with Gasteiger partial charge < -0.3 is 10.6 Å². The number of sulfonamides is 1.